The molecule has 0 saturated carbocycles. The average molecular weight is 365 g/mol. The summed E-state index contributed by atoms with van der Waals surface area (Å²) in [7, 11) is 0. The van der Waals surface area contributed by atoms with Gasteiger partial charge in [-0.15, -0.1) is 0 Å². The van der Waals surface area contributed by atoms with Crippen molar-refractivity contribution < 1.29 is 14.7 Å². The van der Waals surface area contributed by atoms with Gasteiger partial charge in [0.2, 0.25) is 0 Å². The molecule has 1 aromatic rings. The number of hydrogen-bond acceptors (Lipinski definition) is 2. The molecule has 92 valence electrons. The van der Waals surface area contributed by atoms with Crippen LogP contribution < -0.4 is 5.32 Å². The standard InChI is InChI=1S/C11H11Br2NO3/c1-2-9(11(16)17)14-10(15)7-5-6(12)3-4-8(7)13/h3-5,9H,2H2,1H3,(H,14,15)(H,16,17)/t9-/m1/s1. The first-order valence-corrected chi connectivity index (χ1v) is 6.53. The van der Waals surface area contributed by atoms with E-state index in [-0.39, 0.29) is 0 Å². The molecule has 2 N–H and O–H groups in total. The van der Waals surface area contributed by atoms with Crippen molar-refractivity contribution in [3.63, 3.8) is 0 Å². The maximum Gasteiger partial charge on any atom is 0.326 e. The molecule has 1 atom stereocenters. The zero-order chi connectivity index (χ0) is 13.0. The Morgan fingerprint density at radius 2 is 2.06 bits per heavy atom. The highest BCUT2D eigenvalue weighted by Crippen LogP contribution is 2.21. The van der Waals surface area contributed by atoms with Crippen molar-refractivity contribution in [3.05, 3.63) is 32.7 Å². The zero-order valence-electron chi connectivity index (χ0n) is 9.04. The fourth-order valence-corrected chi connectivity index (χ4v) is 2.03. The highest BCUT2D eigenvalue weighted by atomic mass is 79.9. The van der Waals surface area contributed by atoms with Crippen LogP contribution in [0.1, 0.15) is 23.7 Å². The van der Waals surface area contributed by atoms with Gasteiger partial charge in [0.15, 0.2) is 0 Å². The van der Waals surface area contributed by atoms with Crippen molar-refractivity contribution in [1.29, 1.82) is 0 Å². The van der Waals surface area contributed by atoms with E-state index in [1.807, 2.05) is 0 Å². The molecule has 0 fully saturated rings. The lowest BCUT2D eigenvalue weighted by Crippen LogP contribution is -2.40. The second-order valence-electron chi connectivity index (χ2n) is 3.40. The van der Waals surface area contributed by atoms with Crippen LogP contribution >= 0.6 is 31.9 Å². The number of amides is 1. The van der Waals surface area contributed by atoms with Gasteiger partial charge >= 0.3 is 5.97 Å². The van der Waals surface area contributed by atoms with Crippen molar-refractivity contribution in [2.45, 2.75) is 19.4 Å². The van der Waals surface area contributed by atoms with Crippen molar-refractivity contribution in [2.24, 2.45) is 0 Å². The van der Waals surface area contributed by atoms with Gasteiger partial charge in [-0.1, -0.05) is 22.9 Å². The second kappa shape index (κ2) is 6.16. The number of aliphatic carboxylic acids is 1. The number of halogens is 2. The SMILES string of the molecule is CC[C@@H](NC(=O)c1cc(Br)ccc1Br)C(=O)O. The molecule has 1 aromatic carbocycles. The monoisotopic (exact) mass is 363 g/mol. The predicted molar refractivity (Wildman–Crippen MR) is 71.0 cm³/mol. The molecule has 0 bridgehead atoms. The second-order valence-corrected chi connectivity index (χ2v) is 5.17. The van der Waals surface area contributed by atoms with Gasteiger partial charge in [-0.2, -0.15) is 0 Å². The number of carbonyl (C=O) groups excluding carboxylic acids is 1. The third-order valence-electron chi connectivity index (χ3n) is 2.18. The van der Waals surface area contributed by atoms with Crippen LogP contribution in [-0.4, -0.2) is 23.0 Å². The first-order chi connectivity index (χ1) is 7.95. The molecule has 0 aromatic heterocycles. The van der Waals surface area contributed by atoms with Crippen LogP contribution in [0.15, 0.2) is 27.1 Å². The number of rotatable bonds is 4. The number of carboxylic acid groups (broad SMARTS) is 1. The minimum atomic E-state index is -1.04. The van der Waals surface area contributed by atoms with E-state index in [1.54, 1.807) is 25.1 Å². The lowest BCUT2D eigenvalue weighted by atomic mass is 10.1. The van der Waals surface area contributed by atoms with Crippen LogP contribution in [0.3, 0.4) is 0 Å². The summed E-state index contributed by atoms with van der Waals surface area (Å²) in [6, 6.07) is 4.28. The fraction of sp³-hybridized carbons (Fsp3) is 0.273. The summed E-state index contributed by atoms with van der Waals surface area (Å²) < 4.78 is 1.38. The molecule has 4 nitrogen and oxygen atoms in total. The molecule has 0 unspecified atom stereocenters. The summed E-state index contributed by atoms with van der Waals surface area (Å²) >= 11 is 6.51. The van der Waals surface area contributed by atoms with Gasteiger partial charge in [-0.3, -0.25) is 4.79 Å². The van der Waals surface area contributed by atoms with Gasteiger partial charge in [0.1, 0.15) is 6.04 Å². The molecule has 0 spiro atoms. The Morgan fingerprint density at radius 1 is 1.41 bits per heavy atom. The van der Waals surface area contributed by atoms with Crippen molar-refractivity contribution >= 4 is 43.7 Å². The number of nitrogens with one attached hydrogen (secondary N) is 1. The van der Waals surface area contributed by atoms with E-state index in [4.69, 9.17) is 5.11 Å². The lowest BCUT2D eigenvalue weighted by Gasteiger charge is -2.13. The Balaban J connectivity index is 2.89. The zero-order valence-corrected chi connectivity index (χ0v) is 12.2. The molecule has 6 heteroatoms. The van der Waals surface area contributed by atoms with Crippen LogP contribution in [0.5, 0.6) is 0 Å². The Labute approximate surface area is 116 Å². The van der Waals surface area contributed by atoms with Gasteiger partial charge in [0, 0.05) is 8.95 Å². The van der Waals surface area contributed by atoms with E-state index >= 15 is 0 Å². The topological polar surface area (TPSA) is 66.4 Å². The van der Waals surface area contributed by atoms with E-state index in [9.17, 15) is 9.59 Å². The fourth-order valence-electron chi connectivity index (χ4n) is 1.25. The molecule has 1 rings (SSSR count). The van der Waals surface area contributed by atoms with Gasteiger partial charge in [0.25, 0.3) is 5.91 Å². The molecular weight excluding hydrogens is 354 g/mol. The predicted octanol–water partition coefficient (Wildman–Crippen LogP) is 2.80. The van der Waals surface area contributed by atoms with E-state index in [0.29, 0.717) is 16.5 Å². The summed E-state index contributed by atoms with van der Waals surface area (Å²) in [5, 5.41) is 11.3. The lowest BCUT2D eigenvalue weighted by molar-refractivity contribution is -0.139. The highest BCUT2D eigenvalue weighted by molar-refractivity contribution is 9.11. The Hall–Kier alpha value is -0.880. The van der Waals surface area contributed by atoms with Gasteiger partial charge < -0.3 is 10.4 Å². The Bertz CT molecular complexity index is 448. The molecule has 1 amide bonds. The quantitative estimate of drug-likeness (QED) is 0.863. The largest absolute Gasteiger partial charge is 0.480 e. The van der Waals surface area contributed by atoms with E-state index in [0.717, 1.165) is 4.47 Å². The van der Waals surface area contributed by atoms with Crippen LogP contribution in [0.2, 0.25) is 0 Å². The summed E-state index contributed by atoms with van der Waals surface area (Å²) in [5.41, 5.74) is 0.402. The van der Waals surface area contributed by atoms with Gasteiger partial charge in [0.05, 0.1) is 5.56 Å². The molecular formula is C11H11Br2NO3. The third kappa shape index (κ3) is 3.81. The summed E-state index contributed by atoms with van der Waals surface area (Å²) in [5.74, 6) is -1.45. The van der Waals surface area contributed by atoms with Crippen LogP contribution in [0, 0.1) is 0 Å². The summed E-state index contributed by atoms with van der Waals surface area (Å²) in [6.45, 7) is 1.70. The molecule has 17 heavy (non-hydrogen) atoms. The van der Waals surface area contributed by atoms with Crippen LogP contribution in [0.25, 0.3) is 0 Å². The average Bonchev–Trinajstić information content (AvgIpc) is 2.28. The van der Waals surface area contributed by atoms with Crippen molar-refractivity contribution in [2.75, 3.05) is 0 Å². The molecule has 0 heterocycles. The van der Waals surface area contributed by atoms with Gasteiger partial charge in [-0.05, 0) is 40.5 Å². The van der Waals surface area contributed by atoms with E-state index < -0.39 is 17.9 Å². The summed E-state index contributed by atoms with van der Waals surface area (Å²) in [4.78, 5) is 22.7. The Morgan fingerprint density at radius 3 is 2.59 bits per heavy atom. The molecule has 0 radical (unpaired) electrons. The molecule has 0 aliphatic rings. The smallest absolute Gasteiger partial charge is 0.326 e. The highest BCUT2D eigenvalue weighted by Gasteiger charge is 2.19. The van der Waals surface area contributed by atoms with Crippen LogP contribution in [0.4, 0.5) is 0 Å². The minimum absolute atomic E-state index is 0.340. The Kier molecular flexibility index (Phi) is 5.14. The molecule has 0 aliphatic carbocycles. The maximum absolute atomic E-state index is 11.9. The third-order valence-corrected chi connectivity index (χ3v) is 3.37. The summed E-state index contributed by atoms with van der Waals surface area (Å²) in [6.07, 6.45) is 0.340. The molecule has 0 saturated heterocycles. The van der Waals surface area contributed by atoms with Crippen molar-refractivity contribution in [3.8, 4) is 0 Å². The number of benzene rings is 1. The van der Waals surface area contributed by atoms with Crippen molar-refractivity contribution in [1.82, 2.24) is 5.32 Å². The number of carboxylic acids is 1. The maximum atomic E-state index is 11.9. The van der Waals surface area contributed by atoms with Gasteiger partial charge in [-0.25, -0.2) is 4.79 Å². The van der Waals surface area contributed by atoms with Crippen LogP contribution in [-0.2, 0) is 4.79 Å². The number of carbonyl (C=O) groups is 2. The van der Waals surface area contributed by atoms with E-state index in [2.05, 4.69) is 37.2 Å². The number of hydrogen-bond donors (Lipinski definition) is 2. The normalized spacial score (nSPS) is 11.9. The minimum Gasteiger partial charge on any atom is -0.480 e. The first kappa shape index (κ1) is 14.2. The van der Waals surface area contributed by atoms with E-state index in [1.165, 1.54) is 0 Å². The first-order valence-electron chi connectivity index (χ1n) is 4.94. The molecule has 0 aliphatic heterocycles.